The Labute approximate surface area is 136 Å². The first-order valence-corrected chi connectivity index (χ1v) is 7.98. The van der Waals surface area contributed by atoms with Gasteiger partial charge in [-0.3, -0.25) is 0 Å². The highest BCUT2D eigenvalue weighted by molar-refractivity contribution is 7.99. The third-order valence-corrected chi connectivity index (χ3v) is 4.04. The molecule has 0 radical (unpaired) electrons. The first kappa shape index (κ1) is 15.4. The van der Waals surface area contributed by atoms with Crippen LogP contribution in [0.4, 0.5) is 4.39 Å². The van der Waals surface area contributed by atoms with Crippen molar-refractivity contribution in [2.45, 2.75) is 11.6 Å². The van der Waals surface area contributed by atoms with Gasteiger partial charge < -0.3 is 15.0 Å². The molecule has 0 aliphatic carbocycles. The van der Waals surface area contributed by atoms with Gasteiger partial charge in [-0.05, 0) is 42.8 Å². The maximum Gasteiger partial charge on any atom is 0.218 e. The van der Waals surface area contributed by atoms with Crippen LogP contribution in [0.2, 0.25) is 0 Å². The van der Waals surface area contributed by atoms with Crippen molar-refractivity contribution in [3.63, 3.8) is 0 Å². The maximum atomic E-state index is 12.8. The first-order valence-electron chi connectivity index (χ1n) is 6.99. The highest BCUT2D eigenvalue weighted by atomic mass is 32.2. The molecule has 0 bridgehead atoms. The molecular weight excluding hydrogens is 319 g/mol. The molecule has 3 rings (SSSR count). The lowest BCUT2D eigenvalue weighted by Crippen LogP contribution is -2.11. The summed E-state index contributed by atoms with van der Waals surface area (Å²) in [5.74, 6) is 8.17. The number of nitrogens with two attached hydrogens (primary N) is 1. The van der Waals surface area contributed by atoms with Gasteiger partial charge in [0.1, 0.15) is 11.6 Å². The van der Waals surface area contributed by atoms with Crippen LogP contribution in [0.25, 0.3) is 11.6 Å². The minimum Gasteiger partial charge on any atom is -0.494 e. The molecule has 0 saturated carbocycles. The number of nitrogen functional groups attached to an aromatic ring is 1. The zero-order valence-electron chi connectivity index (χ0n) is 12.2. The fourth-order valence-corrected chi connectivity index (χ4v) is 2.66. The summed E-state index contributed by atoms with van der Waals surface area (Å²) in [5, 5.41) is 8.67. The first-order chi connectivity index (χ1) is 11.2. The van der Waals surface area contributed by atoms with Crippen molar-refractivity contribution in [1.29, 1.82) is 0 Å². The number of furan rings is 1. The normalized spacial score (nSPS) is 10.8. The lowest BCUT2D eigenvalue weighted by molar-refractivity contribution is 0.318. The van der Waals surface area contributed by atoms with Gasteiger partial charge in [0, 0.05) is 5.75 Å². The van der Waals surface area contributed by atoms with Crippen molar-refractivity contribution >= 4 is 11.8 Å². The number of rotatable bonds is 7. The van der Waals surface area contributed by atoms with Crippen LogP contribution in [-0.4, -0.2) is 27.2 Å². The van der Waals surface area contributed by atoms with Gasteiger partial charge in [-0.1, -0.05) is 11.8 Å². The van der Waals surface area contributed by atoms with Crippen LogP contribution in [0.3, 0.4) is 0 Å². The second-order valence-corrected chi connectivity index (χ2v) is 5.72. The molecule has 23 heavy (non-hydrogen) atoms. The molecule has 0 fully saturated rings. The molecule has 3 aromatic rings. The highest BCUT2D eigenvalue weighted by Crippen LogP contribution is 2.22. The highest BCUT2D eigenvalue weighted by Gasteiger charge is 2.13. The Morgan fingerprint density at radius 1 is 1.22 bits per heavy atom. The minimum absolute atomic E-state index is 0.275. The molecule has 6 nitrogen and oxygen atoms in total. The molecule has 0 atom stereocenters. The van der Waals surface area contributed by atoms with Crippen LogP contribution in [0.5, 0.6) is 5.75 Å². The van der Waals surface area contributed by atoms with Crippen molar-refractivity contribution in [1.82, 2.24) is 14.9 Å². The minimum atomic E-state index is -0.275. The summed E-state index contributed by atoms with van der Waals surface area (Å²) in [7, 11) is 0. The zero-order valence-corrected chi connectivity index (χ0v) is 13.0. The van der Waals surface area contributed by atoms with Gasteiger partial charge in [-0.25, -0.2) is 9.07 Å². The quantitative estimate of drug-likeness (QED) is 0.406. The van der Waals surface area contributed by atoms with Crippen LogP contribution in [0.15, 0.2) is 52.2 Å². The number of hydrogen-bond acceptors (Lipinski definition) is 6. The van der Waals surface area contributed by atoms with E-state index in [1.165, 1.54) is 28.6 Å². The molecule has 1 aromatic carbocycles. The van der Waals surface area contributed by atoms with Gasteiger partial charge in [-0.2, -0.15) is 0 Å². The van der Waals surface area contributed by atoms with E-state index in [0.717, 1.165) is 12.2 Å². The Bertz CT molecular complexity index is 743. The van der Waals surface area contributed by atoms with Gasteiger partial charge >= 0.3 is 0 Å². The predicted molar refractivity (Wildman–Crippen MR) is 85.1 cm³/mol. The van der Waals surface area contributed by atoms with Crippen LogP contribution < -0.4 is 10.6 Å². The van der Waals surface area contributed by atoms with E-state index in [9.17, 15) is 4.39 Å². The predicted octanol–water partition coefficient (Wildman–Crippen LogP) is 2.95. The summed E-state index contributed by atoms with van der Waals surface area (Å²) >= 11 is 1.49. The van der Waals surface area contributed by atoms with E-state index in [2.05, 4.69) is 10.2 Å². The molecule has 8 heteroatoms. The van der Waals surface area contributed by atoms with Gasteiger partial charge in [0.15, 0.2) is 5.76 Å². The van der Waals surface area contributed by atoms with Crippen LogP contribution >= 0.6 is 11.8 Å². The average molecular weight is 334 g/mol. The van der Waals surface area contributed by atoms with Gasteiger partial charge in [0.25, 0.3) is 0 Å². The Kier molecular flexibility index (Phi) is 4.82. The fraction of sp³-hybridized carbons (Fsp3) is 0.200. The molecule has 0 spiro atoms. The Balaban J connectivity index is 1.45. The maximum absolute atomic E-state index is 12.8. The monoisotopic (exact) mass is 334 g/mol. The van der Waals surface area contributed by atoms with Crippen LogP contribution in [0, 0.1) is 5.82 Å². The topological polar surface area (TPSA) is 79.1 Å². The molecule has 0 aliphatic heterocycles. The largest absolute Gasteiger partial charge is 0.494 e. The number of thioether (sulfide) groups is 1. The number of benzene rings is 1. The Morgan fingerprint density at radius 2 is 2.04 bits per heavy atom. The summed E-state index contributed by atoms with van der Waals surface area (Å²) in [6.45, 7) is 0.530. The van der Waals surface area contributed by atoms with Gasteiger partial charge in [-0.15, -0.1) is 10.2 Å². The number of halogens is 1. The summed E-state index contributed by atoms with van der Waals surface area (Å²) in [4.78, 5) is 0. The van der Waals surface area contributed by atoms with E-state index in [4.69, 9.17) is 15.0 Å². The molecule has 2 N–H and O–H groups in total. The second-order valence-electron chi connectivity index (χ2n) is 4.66. The third kappa shape index (κ3) is 3.84. The molecule has 0 amide bonds. The van der Waals surface area contributed by atoms with E-state index in [0.29, 0.717) is 29.1 Å². The van der Waals surface area contributed by atoms with E-state index >= 15 is 0 Å². The molecule has 0 unspecified atom stereocenters. The second kappa shape index (κ2) is 7.19. The van der Waals surface area contributed by atoms with E-state index in [1.54, 1.807) is 30.5 Å². The summed E-state index contributed by atoms with van der Waals surface area (Å²) in [6, 6.07) is 9.50. The van der Waals surface area contributed by atoms with E-state index < -0.39 is 0 Å². The SMILES string of the molecule is Nn1c(SCCCOc2ccc(F)cc2)nnc1-c1ccco1. The smallest absolute Gasteiger partial charge is 0.218 e. The molecule has 0 saturated heterocycles. The summed E-state index contributed by atoms with van der Waals surface area (Å²) < 4.78 is 25.0. The summed E-state index contributed by atoms with van der Waals surface area (Å²) in [5.41, 5.74) is 0. The van der Waals surface area contributed by atoms with Crippen LogP contribution in [-0.2, 0) is 0 Å². The number of aromatic nitrogens is 3. The Hall–Kier alpha value is -2.48. The molecular formula is C15H15FN4O2S. The lowest BCUT2D eigenvalue weighted by atomic mass is 10.3. The summed E-state index contributed by atoms with van der Waals surface area (Å²) in [6.07, 6.45) is 2.36. The van der Waals surface area contributed by atoms with Crippen molar-refractivity contribution in [2.24, 2.45) is 0 Å². The van der Waals surface area contributed by atoms with Gasteiger partial charge in [0.05, 0.1) is 12.9 Å². The number of nitrogens with zero attached hydrogens (tertiary/aromatic N) is 3. The van der Waals surface area contributed by atoms with E-state index in [1.807, 2.05) is 0 Å². The molecule has 2 heterocycles. The van der Waals surface area contributed by atoms with E-state index in [-0.39, 0.29) is 5.82 Å². The Morgan fingerprint density at radius 3 is 2.78 bits per heavy atom. The number of hydrogen-bond donors (Lipinski definition) is 1. The van der Waals surface area contributed by atoms with Gasteiger partial charge in [0.2, 0.25) is 11.0 Å². The lowest BCUT2D eigenvalue weighted by Gasteiger charge is -2.05. The molecule has 0 aliphatic rings. The van der Waals surface area contributed by atoms with Crippen molar-refractivity contribution < 1.29 is 13.5 Å². The van der Waals surface area contributed by atoms with Crippen molar-refractivity contribution in [2.75, 3.05) is 18.2 Å². The van der Waals surface area contributed by atoms with Crippen molar-refractivity contribution in [3.8, 4) is 17.3 Å². The van der Waals surface area contributed by atoms with Crippen molar-refractivity contribution in [3.05, 3.63) is 48.5 Å². The average Bonchev–Trinajstić information content (AvgIpc) is 3.19. The standard InChI is InChI=1S/C15H15FN4O2S/c16-11-4-6-12(7-5-11)21-9-2-10-23-15-19-18-14(20(15)17)13-3-1-8-22-13/h1,3-8H,2,9-10,17H2. The fourth-order valence-electron chi connectivity index (χ4n) is 1.89. The number of ether oxygens (including phenoxy) is 1. The molecule has 120 valence electrons. The van der Waals surface area contributed by atoms with Crippen LogP contribution in [0.1, 0.15) is 6.42 Å². The third-order valence-electron chi connectivity index (χ3n) is 3.01. The zero-order chi connectivity index (χ0) is 16.1. The molecule has 2 aromatic heterocycles.